The van der Waals surface area contributed by atoms with Crippen molar-refractivity contribution in [2.24, 2.45) is 0 Å². The molecular formula is C17H22N4O3. The number of carbonyl (C=O) groups excluding carboxylic acids is 1. The van der Waals surface area contributed by atoms with Gasteiger partial charge in [0.05, 0.1) is 19.3 Å². The van der Waals surface area contributed by atoms with E-state index in [4.69, 9.17) is 9.26 Å². The van der Waals surface area contributed by atoms with Crippen molar-refractivity contribution in [1.29, 1.82) is 0 Å². The van der Waals surface area contributed by atoms with Crippen molar-refractivity contribution in [3.05, 3.63) is 47.6 Å². The summed E-state index contributed by atoms with van der Waals surface area (Å²) in [5.74, 6) is 0.973. The Balaban J connectivity index is 1.45. The highest BCUT2D eigenvalue weighted by atomic mass is 16.5. The van der Waals surface area contributed by atoms with Crippen molar-refractivity contribution in [2.75, 3.05) is 19.7 Å². The highest BCUT2D eigenvalue weighted by molar-refractivity contribution is 5.74. The van der Waals surface area contributed by atoms with Gasteiger partial charge >= 0.3 is 6.03 Å². The monoisotopic (exact) mass is 330 g/mol. The number of nitrogens with one attached hydrogen (secondary N) is 1. The van der Waals surface area contributed by atoms with Crippen molar-refractivity contribution in [2.45, 2.75) is 32.4 Å². The lowest BCUT2D eigenvalue weighted by Crippen LogP contribution is -2.49. The van der Waals surface area contributed by atoms with E-state index in [9.17, 15) is 4.79 Å². The molecule has 1 fully saturated rings. The molecule has 0 spiro atoms. The molecule has 24 heavy (non-hydrogen) atoms. The first-order valence-electron chi connectivity index (χ1n) is 8.18. The molecule has 1 aliphatic rings. The largest absolute Gasteiger partial charge is 0.375 e. The number of aromatic nitrogens is 2. The second-order valence-corrected chi connectivity index (χ2v) is 5.85. The van der Waals surface area contributed by atoms with Crippen molar-refractivity contribution in [3.8, 4) is 0 Å². The average molecular weight is 330 g/mol. The molecule has 128 valence electrons. The minimum Gasteiger partial charge on any atom is -0.375 e. The molecule has 1 aliphatic heterocycles. The van der Waals surface area contributed by atoms with Crippen LogP contribution >= 0.6 is 0 Å². The first-order chi connectivity index (χ1) is 11.7. The number of aryl methyl sites for hydroxylation is 2. The van der Waals surface area contributed by atoms with E-state index in [-0.39, 0.29) is 18.7 Å². The number of rotatable bonds is 5. The Morgan fingerprint density at radius 3 is 2.96 bits per heavy atom. The minimum absolute atomic E-state index is 0.0668. The molecule has 1 saturated heterocycles. The molecule has 0 saturated carbocycles. The molecule has 1 aromatic heterocycles. The first-order valence-corrected chi connectivity index (χ1v) is 8.18. The van der Waals surface area contributed by atoms with Crippen LogP contribution < -0.4 is 5.32 Å². The van der Waals surface area contributed by atoms with Gasteiger partial charge in [0.15, 0.2) is 5.82 Å². The topological polar surface area (TPSA) is 80.5 Å². The number of urea groups is 1. The van der Waals surface area contributed by atoms with E-state index in [1.54, 1.807) is 11.8 Å². The third kappa shape index (κ3) is 4.55. The smallest absolute Gasteiger partial charge is 0.317 e. The maximum absolute atomic E-state index is 12.3. The molecule has 2 amide bonds. The van der Waals surface area contributed by atoms with Gasteiger partial charge in [0.1, 0.15) is 0 Å². The number of carbonyl (C=O) groups is 1. The van der Waals surface area contributed by atoms with Crippen LogP contribution in [0.3, 0.4) is 0 Å². The predicted octanol–water partition coefficient (Wildman–Crippen LogP) is 1.92. The van der Waals surface area contributed by atoms with Crippen LogP contribution in [-0.4, -0.2) is 46.9 Å². The molecule has 1 N–H and O–H groups in total. The summed E-state index contributed by atoms with van der Waals surface area (Å²) in [5.41, 5.74) is 1.29. The Labute approximate surface area is 141 Å². The van der Waals surface area contributed by atoms with E-state index < -0.39 is 0 Å². The van der Waals surface area contributed by atoms with E-state index in [0.29, 0.717) is 31.4 Å². The van der Waals surface area contributed by atoms with Gasteiger partial charge in [-0.1, -0.05) is 35.5 Å². The first kappa shape index (κ1) is 16.4. The number of benzene rings is 1. The van der Waals surface area contributed by atoms with Gasteiger partial charge in [-0.15, -0.1) is 0 Å². The molecule has 1 atom stereocenters. The molecule has 0 bridgehead atoms. The fourth-order valence-electron chi connectivity index (χ4n) is 2.73. The summed E-state index contributed by atoms with van der Waals surface area (Å²) < 4.78 is 10.7. The zero-order valence-corrected chi connectivity index (χ0v) is 13.8. The lowest BCUT2D eigenvalue weighted by atomic mass is 10.1. The molecule has 0 aliphatic carbocycles. The zero-order valence-electron chi connectivity index (χ0n) is 13.8. The lowest BCUT2D eigenvalue weighted by Gasteiger charge is -2.33. The van der Waals surface area contributed by atoms with Gasteiger partial charge in [0.25, 0.3) is 0 Å². The van der Waals surface area contributed by atoms with Crippen LogP contribution in [0.15, 0.2) is 34.9 Å². The van der Waals surface area contributed by atoms with Crippen LogP contribution in [0, 0.1) is 6.92 Å². The van der Waals surface area contributed by atoms with Crippen LogP contribution in [-0.2, 0) is 17.7 Å². The summed E-state index contributed by atoms with van der Waals surface area (Å²) in [7, 11) is 0. The van der Waals surface area contributed by atoms with E-state index in [0.717, 1.165) is 12.8 Å². The highest BCUT2D eigenvalue weighted by Crippen LogP contribution is 2.13. The predicted molar refractivity (Wildman–Crippen MR) is 87.3 cm³/mol. The summed E-state index contributed by atoms with van der Waals surface area (Å²) in [6, 6.07) is 10.2. The van der Waals surface area contributed by atoms with Gasteiger partial charge in [-0.25, -0.2) is 4.79 Å². The number of hydrogen-bond acceptors (Lipinski definition) is 5. The van der Waals surface area contributed by atoms with E-state index in [1.165, 1.54) is 5.56 Å². The fraction of sp³-hybridized carbons (Fsp3) is 0.471. The molecule has 0 radical (unpaired) electrons. The quantitative estimate of drug-likeness (QED) is 0.906. The number of amides is 2. The summed E-state index contributed by atoms with van der Waals surface area (Å²) in [6.45, 7) is 3.75. The molecule has 3 rings (SSSR count). The summed E-state index contributed by atoms with van der Waals surface area (Å²) in [6.07, 6.45) is 1.91. The normalized spacial score (nSPS) is 17.7. The third-order valence-corrected chi connectivity index (χ3v) is 3.99. The number of morpholine rings is 1. The Bertz CT molecular complexity index is 659. The molecule has 0 unspecified atom stereocenters. The summed E-state index contributed by atoms with van der Waals surface area (Å²) >= 11 is 0. The Hall–Kier alpha value is -2.41. The van der Waals surface area contributed by atoms with Gasteiger partial charge in [-0.05, 0) is 18.4 Å². The van der Waals surface area contributed by atoms with E-state index in [2.05, 4.69) is 27.6 Å². The molecule has 1 aromatic carbocycles. The fourth-order valence-corrected chi connectivity index (χ4v) is 2.73. The zero-order chi connectivity index (χ0) is 16.8. The molecule has 7 nitrogen and oxygen atoms in total. The lowest BCUT2D eigenvalue weighted by molar-refractivity contribution is -0.0176. The molecular weight excluding hydrogens is 308 g/mol. The second kappa shape index (κ2) is 7.92. The van der Waals surface area contributed by atoms with Crippen LogP contribution in [0.2, 0.25) is 0 Å². The maximum atomic E-state index is 12.3. The molecule has 2 aromatic rings. The van der Waals surface area contributed by atoms with Crippen LogP contribution in [0.25, 0.3) is 0 Å². The average Bonchev–Trinajstić information content (AvgIpc) is 3.04. The molecule has 7 heteroatoms. The van der Waals surface area contributed by atoms with E-state index in [1.807, 2.05) is 18.2 Å². The standard InChI is InChI=1S/C17H22N4O3/c1-13-19-16(20-24-13)11-18-17(22)21-9-10-23-15(12-21)8-7-14-5-3-2-4-6-14/h2-6,15H,7-12H2,1H3,(H,18,22)/t15-/m1/s1. The second-order valence-electron chi connectivity index (χ2n) is 5.85. The van der Waals surface area contributed by atoms with Crippen molar-refractivity contribution in [3.63, 3.8) is 0 Å². The van der Waals surface area contributed by atoms with Crippen LogP contribution in [0.5, 0.6) is 0 Å². The number of hydrogen-bond donors (Lipinski definition) is 1. The maximum Gasteiger partial charge on any atom is 0.317 e. The SMILES string of the molecule is Cc1nc(CNC(=O)N2CCO[C@H](CCc3ccccc3)C2)no1. The van der Waals surface area contributed by atoms with Crippen LogP contribution in [0.4, 0.5) is 4.79 Å². The van der Waals surface area contributed by atoms with E-state index >= 15 is 0 Å². The van der Waals surface area contributed by atoms with Crippen molar-refractivity contribution in [1.82, 2.24) is 20.4 Å². The van der Waals surface area contributed by atoms with Crippen molar-refractivity contribution >= 4 is 6.03 Å². The Kier molecular flexibility index (Phi) is 5.43. The Morgan fingerprint density at radius 1 is 1.38 bits per heavy atom. The van der Waals surface area contributed by atoms with Gasteiger partial charge < -0.3 is 19.5 Å². The van der Waals surface area contributed by atoms with Gasteiger partial charge in [0, 0.05) is 20.0 Å². The molecule has 2 heterocycles. The van der Waals surface area contributed by atoms with Gasteiger partial charge in [-0.3, -0.25) is 0 Å². The number of nitrogens with zero attached hydrogens (tertiary/aromatic N) is 3. The van der Waals surface area contributed by atoms with Crippen LogP contribution in [0.1, 0.15) is 23.7 Å². The minimum atomic E-state index is -0.120. The summed E-state index contributed by atoms with van der Waals surface area (Å²) in [5, 5.41) is 6.59. The van der Waals surface area contributed by atoms with Crippen molar-refractivity contribution < 1.29 is 14.1 Å². The van der Waals surface area contributed by atoms with Gasteiger partial charge in [-0.2, -0.15) is 4.98 Å². The third-order valence-electron chi connectivity index (χ3n) is 3.99. The van der Waals surface area contributed by atoms with Gasteiger partial charge in [0.2, 0.25) is 5.89 Å². The summed E-state index contributed by atoms with van der Waals surface area (Å²) in [4.78, 5) is 18.1. The number of ether oxygens (including phenoxy) is 1. The Morgan fingerprint density at radius 2 is 2.21 bits per heavy atom. The highest BCUT2D eigenvalue weighted by Gasteiger charge is 2.24.